The largest absolute Gasteiger partial charge is 0.388 e. The van der Waals surface area contributed by atoms with E-state index in [1.54, 1.807) is 0 Å². The molecular weight excluding hydrogens is 236 g/mol. The summed E-state index contributed by atoms with van der Waals surface area (Å²) in [5, 5.41) is 19.5. The second-order valence-electron chi connectivity index (χ2n) is 6.29. The van der Waals surface area contributed by atoms with E-state index in [1.165, 1.54) is 11.1 Å². The van der Waals surface area contributed by atoms with Gasteiger partial charge in [-0.3, -0.25) is 0 Å². The lowest BCUT2D eigenvalue weighted by molar-refractivity contribution is 0.180. The standard InChI is InChI=1S/C17H24O2/c1-11-9-13(5-7-15(11)18)17(3,4)14-6-8-16(19)12(2)10-14/h5-12,15-16,18-19H,1-4H3. The van der Waals surface area contributed by atoms with Crippen molar-refractivity contribution in [2.45, 2.75) is 39.9 Å². The van der Waals surface area contributed by atoms with Gasteiger partial charge in [0.05, 0.1) is 12.2 Å². The van der Waals surface area contributed by atoms with Crippen LogP contribution in [0.15, 0.2) is 47.6 Å². The molecule has 2 heteroatoms. The Hall–Kier alpha value is -1.12. The van der Waals surface area contributed by atoms with E-state index >= 15 is 0 Å². The minimum Gasteiger partial charge on any atom is -0.388 e. The number of aliphatic hydroxyl groups is 2. The number of allylic oxidation sites excluding steroid dienone is 4. The molecule has 2 N–H and O–H groups in total. The maximum absolute atomic E-state index is 9.76. The van der Waals surface area contributed by atoms with Crippen LogP contribution in [0.2, 0.25) is 0 Å². The molecule has 0 aromatic heterocycles. The normalized spacial score (nSPS) is 35.1. The SMILES string of the molecule is CC1C=C(C(C)(C)C2=CC(C)C(O)C=C2)C=CC1O. The molecule has 104 valence electrons. The molecule has 2 aliphatic carbocycles. The van der Waals surface area contributed by atoms with Gasteiger partial charge in [-0.15, -0.1) is 0 Å². The van der Waals surface area contributed by atoms with Crippen molar-refractivity contribution in [2.75, 3.05) is 0 Å². The Morgan fingerprint density at radius 1 is 0.842 bits per heavy atom. The minimum atomic E-state index is -0.379. The first kappa shape index (κ1) is 14.3. The van der Waals surface area contributed by atoms with Crippen LogP contribution in [0.3, 0.4) is 0 Å². The summed E-state index contributed by atoms with van der Waals surface area (Å²) in [6.45, 7) is 8.44. The van der Waals surface area contributed by atoms with Gasteiger partial charge in [-0.2, -0.15) is 0 Å². The zero-order valence-corrected chi connectivity index (χ0v) is 12.2. The van der Waals surface area contributed by atoms with Crippen LogP contribution < -0.4 is 0 Å². The topological polar surface area (TPSA) is 40.5 Å². The molecule has 2 rings (SSSR count). The molecule has 0 heterocycles. The molecule has 2 nitrogen and oxygen atoms in total. The second kappa shape index (κ2) is 5.10. The monoisotopic (exact) mass is 260 g/mol. The fourth-order valence-electron chi connectivity index (χ4n) is 2.63. The van der Waals surface area contributed by atoms with Crippen molar-refractivity contribution < 1.29 is 10.2 Å². The van der Waals surface area contributed by atoms with Crippen molar-refractivity contribution in [1.82, 2.24) is 0 Å². The molecule has 0 spiro atoms. The molecule has 0 aromatic rings. The van der Waals surface area contributed by atoms with Crippen LogP contribution in [0.5, 0.6) is 0 Å². The molecule has 4 unspecified atom stereocenters. The molecule has 0 saturated carbocycles. The third-order valence-corrected chi connectivity index (χ3v) is 4.35. The average molecular weight is 260 g/mol. The van der Waals surface area contributed by atoms with E-state index in [-0.39, 0.29) is 29.5 Å². The minimum absolute atomic E-state index is 0.101. The van der Waals surface area contributed by atoms with E-state index < -0.39 is 0 Å². The van der Waals surface area contributed by atoms with Crippen LogP contribution in [-0.2, 0) is 0 Å². The fraction of sp³-hybridized carbons (Fsp3) is 0.529. The second-order valence-corrected chi connectivity index (χ2v) is 6.29. The molecule has 4 atom stereocenters. The first-order valence-corrected chi connectivity index (χ1v) is 6.99. The lowest BCUT2D eigenvalue weighted by atomic mass is 9.71. The van der Waals surface area contributed by atoms with Gasteiger partial charge in [-0.05, 0) is 11.1 Å². The smallest absolute Gasteiger partial charge is 0.0784 e. The van der Waals surface area contributed by atoms with E-state index in [1.807, 2.05) is 38.2 Å². The van der Waals surface area contributed by atoms with Crippen LogP contribution in [-0.4, -0.2) is 22.4 Å². The Kier molecular flexibility index (Phi) is 3.84. The number of aliphatic hydroxyl groups excluding tert-OH is 2. The van der Waals surface area contributed by atoms with Crippen molar-refractivity contribution in [2.24, 2.45) is 17.3 Å². The lowest BCUT2D eigenvalue weighted by Gasteiger charge is -2.34. The Balaban J connectivity index is 2.29. The molecule has 0 bridgehead atoms. The Morgan fingerprint density at radius 2 is 1.21 bits per heavy atom. The van der Waals surface area contributed by atoms with Crippen molar-refractivity contribution in [3.05, 3.63) is 47.6 Å². The summed E-state index contributed by atoms with van der Waals surface area (Å²) in [4.78, 5) is 0. The van der Waals surface area contributed by atoms with E-state index in [4.69, 9.17) is 0 Å². The van der Waals surface area contributed by atoms with Gasteiger partial charge in [0.25, 0.3) is 0 Å². The van der Waals surface area contributed by atoms with E-state index in [0.717, 1.165) is 0 Å². The van der Waals surface area contributed by atoms with Gasteiger partial charge in [-0.25, -0.2) is 0 Å². The van der Waals surface area contributed by atoms with Gasteiger partial charge < -0.3 is 10.2 Å². The molecule has 0 radical (unpaired) electrons. The first-order chi connectivity index (χ1) is 8.82. The average Bonchev–Trinajstić information content (AvgIpc) is 2.35. The van der Waals surface area contributed by atoms with E-state index in [9.17, 15) is 10.2 Å². The molecule has 19 heavy (non-hydrogen) atoms. The fourth-order valence-corrected chi connectivity index (χ4v) is 2.63. The summed E-state index contributed by atoms with van der Waals surface area (Å²) in [5.74, 6) is 0.297. The van der Waals surface area contributed by atoms with Crippen molar-refractivity contribution >= 4 is 0 Å². The zero-order chi connectivity index (χ0) is 14.2. The quantitative estimate of drug-likeness (QED) is 0.801. The van der Waals surface area contributed by atoms with Crippen LogP contribution in [0, 0.1) is 17.3 Å². The molecule has 0 saturated heterocycles. The predicted molar refractivity (Wildman–Crippen MR) is 78.6 cm³/mol. The molecule has 2 aliphatic rings. The summed E-state index contributed by atoms with van der Waals surface area (Å²) in [6.07, 6.45) is 11.3. The molecule has 0 fully saturated rings. The summed E-state index contributed by atoms with van der Waals surface area (Å²) < 4.78 is 0. The van der Waals surface area contributed by atoms with Crippen molar-refractivity contribution in [1.29, 1.82) is 0 Å². The van der Waals surface area contributed by atoms with Gasteiger partial charge in [-0.1, -0.05) is 64.2 Å². The number of rotatable bonds is 2. The highest BCUT2D eigenvalue weighted by Gasteiger charge is 2.30. The third kappa shape index (κ3) is 2.75. The van der Waals surface area contributed by atoms with Crippen molar-refractivity contribution in [3.63, 3.8) is 0 Å². The van der Waals surface area contributed by atoms with E-state index in [0.29, 0.717) is 0 Å². The summed E-state index contributed by atoms with van der Waals surface area (Å²) in [5.41, 5.74) is 2.35. The van der Waals surface area contributed by atoms with Gasteiger partial charge in [0.2, 0.25) is 0 Å². The number of hydrogen-bond acceptors (Lipinski definition) is 2. The highest BCUT2D eigenvalue weighted by atomic mass is 16.3. The predicted octanol–water partition coefficient (Wildman–Crippen LogP) is 3.00. The lowest BCUT2D eigenvalue weighted by Crippen LogP contribution is -2.26. The molecule has 0 aliphatic heterocycles. The first-order valence-electron chi connectivity index (χ1n) is 6.99. The Labute approximate surface area is 115 Å². The zero-order valence-electron chi connectivity index (χ0n) is 12.2. The number of hydrogen-bond donors (Lipinski definition) is 2. The van der Waals surface area contributed by atoms with Gasteiger partial charge in [0.1, 0.15) is 0 Å². The highest BCUT2D eigenvalue weighted by molar-refractivity contribution is 5.43. The molecular formula is C17H24O2. The van der Waals surface area contributed by atoms with Crippen LogP contribution in [0.25, 0.3) is 0 Å². The maximum Gasteiger partial charge on any atom is 0.0784 e. The van der Waals surface area contributed by atoms with Gasteiger partial charge >= 0.3 is 0 Å². The highest BCUT2D eigenvalue weighted by Crippen LogP contribution is 2.41. The van der Waals surface area contributed by atoms with Gasteiger partial charge in [0, 0.05) is 17.3 Å². The molecule has 0 aromatic carbocycles. The molecule has 0 amide bonds. The summed E-state index contributed by atoms with van der Waals surface area (Å²) in [7, 11) is 0. The summed E-state index contributed by atoms with van der Waals surface area (Å²) in [6, 6.07) is 0. The van der Waals surface area contributed by atoms with Crippen LogP contribution >= 0.6 is 0 Å². The summed E-state index contributed by atoms with van der Waals surface area (Å²) >= 11 is 0. The van der Waals surface area contributed by atoms with Crippen molar-refractivity contribution in [3.8, 4) is 0 Å². The third-order valence-electron chi connectivity index (χ3n) is 4.35. The van der Waals surface area contributed by atoms with Crippen LogP contribution in [0.4, 0.5) is 0 Å². The maximum atomic E-state index is 9.76. The Bertz CT molecular complexity index is 424. The van der Waals surface area contributed by atoms with E-state index in [2.05, 4.69) is 26.0 Å². The van der Waals surface area contributed by atoms with Crippen LogP contribution in [0.1, 0.15) is 27.7 Å². The Morgan fingerprint density at radius 3 is 1.53 bits per heavy atom. The van der Waals surface area contributed by atoms with Gasteiger partial charge in [0.15, 0.2) is 0 Å².